The summed E-state index contributed by atoms with van der Waals surface area (Å²) in [5.74, 6) is 6.24. The van der Waals surface area contributed by atoms with Crippen molar-refractivity contribution in [2.24, 2.45) is 17.2 Å². The van der Waals surface area contributed by atoms with Crippen molar-refractivity contribution in [2.45, 2.75) is 53.5 Å². The van der Waals surface area contributed by atoms with Crippen molar-refractivity contribution in [3.8, 4) is 0 Å². The minimum atomic E-state index is 0.305. The monoisotopic (exact) mass is 172 g/mol. The second-order valence-corrected chi connectivity index (χ2v) is 4.69. The van der Waals surface area contributed by atoms with Gasteiger partial charge in [-0.25, -0.2) is 0 Å². The molecule has 0 aliphatic heterocycles. The molecule has 0 saturated carbocycles. The first-order valence-corrected chi connectivity index (χ1v) is 4.90. The molecular weight excluding hydrogens is 148 g/mol. The molecule has 1 atom stereocenters. The van der Waals surface area contributed by atoms with Crippen molar-refractivity contribution in [3.63, 3.8) is 0 Å². The SMILES string of the molecule is CCC(C)(C)C(CC(C)C)NN. The van der Waals surface area contributed by atoms with Crippen LogP contribution in [0, 0.1) is 11.3 Å². The summed E-state index contributed by atoms with van der Waals surface area (Å²) in [5.41, 5.74) is 3.23. The normalized spacial score (nSPS) is 15.2. The molecule has 0 aromatic rings. The van der Waals surface area contributed by atoms with Crippen LogP contribution in [0.4, 0.5) is 0 Å². The van der Waals surface area contributed by atoms with Gasteiger partial charge in [0.2, 0.25) is 0 Å². The summed E-state index contributed by atoms with van der Waals surface area (Å²) in [5, 5.41) is 0. The molecule has 0 amide bonds. The Morgan fingerprint density at radius 1 is 1.33 bits per heavy atom. The molecule has 1 unspecified atom stereocenters. The highest BCUT2D eigenvalue weighted by Gasteiger charge is 2.26. The molecule has 0 fully saturated rings. The lowest BCUT2D eigenvalue weighted by Gasteiger charge is -2.34. The average molecular weight is 172 g/mol. The summed E-state index contributed by atoms with van der Waals surface area (Å²) in [6.45, 7) is 11.2. The molecule has 0 aromatic carbocycles. The number of hydrazine groups is 1. The molecule has 0 bridgehead atoms. The fourth-order valence-corrected chi connectivity index (χ4v) is 1.33. The molecule has 2 heteroatoms. The van der Waals surface area contributed by atoms with Gasteiger partial charge < -0.3 is 0 Å². The molecular formula is C10H24N2. The van der Waals surface area contributed by atoms with E-state index in [1.54, 1.807) is 0 Å². The van der Waals surface area contributed by atoms with Gasteiger partial charge in [-0.1, -0.05) is 34.6 Å². The standard InChI is InChI=1S/C10H24N2/c1-6-10(4,5)9(12-11)7-8(2)3/h8-9,12H,6-7,11H2,1-5H3. The van der Waals surface area contributed by atoms with Gasteiger partial charge in [0.1, 0.15) is 0 Å². The van der Waals surface area contributed by atoms with E-state index in [2.05, 4.69) is 40.0 Å². The van der Waals surface area contributed by atoms with E-state index in [4.69, 9.17) is 5.84 Å². The van der Waals surface area contributed by atoms with E-state index in [-0.39, 0.29) is 0 Å². The van der Waals surface area contributed by atoms with Crippen LogP contribution < -0.4 is 11.3 Å². The molecule has 0 aliphatic rings. The topological polar surface area (TPSA) is 38.0 Å². The molecule has 74 valence electrons. The van der Waals surface area contributed by atoms with Crippen LogP contribution in [-0.4, -0.2) is 6.04 Å². The summed E-state index contributed by atoms with van der Waals surface area (Å²) in [7, 11) is 0. The van der Waals surface area contributed by atoms with Gasteiger partial charge in [0.25, 0.3) is 0 Å². The Morgan fingerprint density at radius 2 is 1.83 bits per heavy atom. The van der Waals surface area contributed by atoms with Crippen LogP contribution in [0.1, 0.15) is 47.5 Å². The Labute approximate surface area is 76.9 Å². The average Bonchev–Trinajstić information content (AvgIpc) is 1.99. The highest BCUT2D eigenvalue weighted by atomic mass is 15.2. The number of nitrogens with one attached hydrogen (secondary N) is 1. The highest BCUT2D eigenvalue weighted by molar-refractivity contribution is 4.82. The van der Waals surface area contributed by atoms with Gasteiger partial charge >= 0.3 is 0 Å². The Kier molecular flexibility index (Phi) is 4.80. The van der Waals surface area contributed by atoms with Gasteiger partial charge in [-0.2, -0.15) is 0 Å². The third kappa shape index (κ3) is 3.55. The smallest absolute Gasteiger partial charge is 0.0263 e. The van der Waals surface area contributed by atoms with Gasteiger partial charge in [-0.3, -0.25) is 11.3 Å². The Hall–Kier alpha value is -0.0800. The Morgan fingerprint density at radius 3 is 2.08 bits per heavy atom. The Balaban J connectivity index is 4.13. The summed E-state index contributed by atoms with van der Waals surface area (Å²) in [4.78, 5) is 0. The number of nitrogens with two attached hydrogens (primary N) is 1. The van der Waals surface area contributed by atoms with Gasteiger partial charge in [-0.05, 0) is 24.2 Å². The van der Waals surface area contributed by atoms with Crippen LogP contribution >= 0.6 is 0 Å². The van der Waals surface area contributed by atoms with E-state index < -0.39 is 0 Å². The second-order valence-electron chi connectivity index (χ2n) is 4.69. The van der Waals surface area contributed by atoms with Gasteiger partial charge in [-0.15, -0.1) is 0 Å². The molecule has 0 saturated heterocycles. The van der Waals surface area contributed by atoms with Crippen molar-refractivity contribution in [3.05, 3.63) is 0 Å². The van der Waals surface area contributed by atoms with Crippen molar-refractivity contribution >= 4 is 0 Å². The lowest BCUT2D eigenvalue weighted by atomic mass is 9.78. The summed E-state index contributed by atoms with van der Waals surface area (Å²) in [6, 6.07) is 0.433. The van der Waals surface area contributed by atoms with Crippen LogP contribution in [-0.2, 0) is 0 Å². The van der Waals surface area contributed by atoms with Gasteiger partial charge in [0.15, 0.2) is 0 Å². The zero-order valence-corrected chi connectivity index (χ0v) is 9.15. The molecule has 0 spiro atoms. The molecule has 0 aromatic heterocycles. The lowest BCUT2D eigenvalue weighted by molar-refractivity contribution is 0.205. The van der Waals surface area contributed by atoms with E-state index in [0.29, 0.717) is 17.4 Å². The van der Waals surface area contributed by atoms with E-state index >= 15 is 0 Å². The quantitative estimate of drug-likeness (QED) is 0.493. The number of hydrogen-bond acceptors (Lipinski definition) is 2. The van der Waals surface area contributed by atoms with E-state index in [9.17, 15) is 0 Å². The molecule has 0 radical (unpaired) electrons. The molecule has 12 heavy (non-hydrogen) atoms. The summed E-state index contributed by atoms with van der Waals surface area (Å²) < 4.78 is 0. The maximum atomic E-state index is 5.53. The van der Waals surface area contributed by atoms with E-state index in [1.807, 2.05) is 0 Å². The molecule has 2 nitrogen and oxygen atoms in total. The minimum absolute atomic E-state index is 0.305. The van der Waals surface area contributed by atoms with Crippen LogP contribution in [0.25, 0.3) is 0 Å². The second kappa shape index (κ2) is 4.83. The maximum Gasteiger partial charge on any atom is 0.0263 e. The predicted octanol–water partition coefficient (Wildman–Crippen LogP) is 2.30. The van der Waals surface area contributed by atoms with Crippen molar-refractivity contribution < 1.29 is 0 Å². The third-order valence-corrected chi connectivity index (χ3v) is 2.76. The summed E-state index contributed by atoms with van der Waals surface area (Å²) >= 11 is 0. The molecule has 0 aliphatic carbocycles. The van der Waals surface area contributed by atoms with E-state index in [0.717, 1.165) is 12.8 Å². The van der Waals surface area contributed by atoms with Gasteiger partial charge in [0.05, 0.1) is 0 Å². The van der Waals surface area contributed by atoms with Crippen molar-refractivity contribution in [1.29, 1.82) is 0 Å². The van der Waals surface area contributed by atoms with E-state index in [1.165, 1.54) is 0 Å². The van der Waals surface area contributed by atoms with Crippen molar-refractivity contribution in [1.82, 2.24) is 5.43 Å². The first-order chi connectivity index (χ1) is 5.44. The molecule has 3 N–H and O–H groups in total. The fourth-order valence-electron chi connectivity index (χ4n) is 1.33. The largest absolute Gasteiger partial charge is 0.271 e. The highest BCUT2D eigenvalue weighted by Crippen LogP contribution is 2.28. The fraction of sp³-hybridized carbons (Fsp3) is 1.00. The van der Waals surface area contributed by atoms with Crippen LogP contribution in [0.3, 0.4) is 0 Å². The predicted molar refractivity (Wildman–Crippen MR) is 54.6 cm³/mol. The number of rotatable bonds is 5. The zero-order valence-electron chi connectivity index (χ0n) is 9.15. The maximum absolute atomic E-state index is 5.53. The zero-order chi connectivity index (χ0) is 9.78. The number of hydrogen-bond donors (Lipinski definition) is 2. The van der Waals surface area contributed by atoms with Crippen LogP contribution in [0.2, 0.25) is 0 Å². The first-order valence-electron chi connectivity index (χ1n) is 4.90. The molecule has 0 heterocycles. The van der Waals surface area contributed by atoms with Crippen LogP contribution in [0.5, 0.6) is 0 Å². The van der Waals surface area contributed by atoms with Crippen LogP contribution in [0.15, 0.2) is 0 Å². The van der Waals surface area contributed by atoms with Gasteiger partial charge in [0, 0.05) is 6.04 Å². The molecule has 0 rings (SSSR count). The first kappa shape index (κ1) is 11.9. The Bertz CT molecular complexity index is 119. The summed E-state index contributed by atoms with van der Waals surface area (Å²) in [6.07, 6.45) is 2.31. The minimum Gasteiger partial charge on any atom is -0.271 e. The lowest BCUT2D eigenvalue weighted by Crippen LogP contribution is -2.46. The third-order valence-electron chi connectivity index (χ3n) is 2.76. The van der Waals surface area contributed by atoms with Crippen molar-refractivity contribution in [2.75, 3.05) is 0 Å².